The zero-order chi connectivity index (χ0) is 16.9. The largest absolute Gasteiger partial charge is 0.416 e. The summed E-state index contributed by atoms with van der Waals surface area (Å²) in [6, 6.07) is 4.74. The molecule has 1 heterocycles. The van der Waals surface area contributed by atoms with Crippen LogP contribution in [0.1, 0.15) is 25.3 Å². The minimum absolute atomic E-state index is 0.104. The zero-order valence-electron chi connectivity index (χ0n) is 12.4. The van der Waals surface area contributed by atoms with Crippen LogP contribution < -0.4 is 10.6 Å². The third kappa shape index (κ3) is 4.99. The van der Waals surface area contributed by atoms with Gasteiger partial charge in [0, 0.05) is 12.7 Å². The highest BCUT2D eigenvalue weighted by Gasteiger charge is 2.31. The van der Waals surface area contributed by atoms with Gasteiger partial charge in [-0.2, -0.15) is 18.2 Å². The number of rotatable bonds is 6. The minimum Gasteiger partial charge on any atom is -0.370 e. The fourth-order valence-corrected chi connectivity index (χ4v) is 1.99. The molecule has 124 valence electrons. The van der Waals surface area contributed by atoms with Gasteiger partial charge in [0.2, 0.25) is 5.95 Å². The van der Waals surface area contributed by atoms with Crippen LogP contribution in [0.5, 0.6) is 0 Å². The van der Waals surface area contributed by atoms with Crippen LogP contribution in [0.25, 0.3) is 0 Å². The summed E-state index contributed by atoms with van der Waals surface area (Å²) in [7, 11) is 0. The molecule has 8 heteroatoms. The summed E-state index contributed by atoms with van der Waals surface area (Å²) >= 11 is 5.94. The van der Waals surface area contributed by atoms with E-state index in [-0.39, 0.29) is 16.7 Å². The van der Waals surface area contributed by atoms with Gasteiger partial charge in [-0.1, -0.05) is 24.9 Å². The molecule has 0 unspecified atom stereocenters. The van der Waals surface area contributed by atoms with Crippen molar-refractivity contribution in [3.63, 3.8) is 0 Å². The van der Waals surface area contributed by atoms with Gasteiger partial charge in [0.15, 0.2) is 0 Å². The molecule has 0 amide bonds. The summed E-state index contributed by atoms with van der Waals surface area (Å²) in [6.07, 6.45) is -0.883. The second-order valence-electron chi connectivity index (χ2n) is 4.86. The first-order valence-electron chi connectivity index (χ1n) is 7.11. The summed E-state index contributed by atoms with van der Waals surface area (Å²) in [5, 5.41) is 6.00. The van der Waals surface area contributed by atoms with Crippen LogP contribution in [0.3, 0.4) is 0 Å². The van der Waals surface area contributed by atoms with E-state index in [0.29, 0.717) is 5.82 Å². The van der Waals surface area contributed by atoms with Crippen molar-refractivity contribution in [1.82, 2.24) is 9.97 Å². The first kappa shape index (κ1) is 17.3. The maximum Gasteiger partial charge on any atom is 0.416 e. The third-order valence-electron chi connectivity index (χ3n) is 3.03. The number of hydrogen-bond acceptors (Lipinski definition) is 4. The van der Waals surface area contributed by atoms with Crippen molar-refractivity contribution in [3.8, 4) is 0 Å². The number of alkyl halides is 3. The number of anilines is 3. The lowest BCUT2D eigenvalue weighted by Gasteiger charge is -2.12. The summed E-state index contributed by atoms with van der Waals surface area (Å²) in [6.45, 7) is 2.83. The molecular weight excluding hydrogens is 329 g/mol. The maximum atomic E-state index is 12.8. The molecule has 0 atom stereocenters. The third-order valence-corrected chi connectivity index (χ3v) is 3.36. The van der Waals surface area contributed by atoms with Crippen molar-refractivity contribution in [2.24, 2.45) is 0 Å². The molecule has 4 nitrogen and oxygen atoms in total. The highest BCUT2D eigenvalue weighted by Crippen LogP contribution is 2.34. The molecule has 0 saturated heterocycles. The van der Waals surface area contributed by atoms with Crippen molar-refractivity contribution in [3.05, 3.63) is 41.0 Å². The monoisotopic (exact) mass is 344 g/mol. The molecule has 0 saturated carbocycles. The Balaban J connectivity index is 2.17. The van der Waals surface area contributed by atoms with E-state index in [2.05, 4.69) is 27.5 Å². The predicted molar refractivity (Wildman–Crippen MR) is 85.2 cm³/mol. The molecule has 2 rings (SSSR count). The van der Waals surface area contributed by atoms with E-state index in [1.807, 2.05) is 0 Å². The molecule has 0 aliphatic heterocycles. The van der Waals surface area contributed by atoms with E-state index >= 15 is 0 Å². The number of halogens is 4. The second-order valence-corrected chi connectivity index (χ2v) is 5.27. The number of nitrogens with zero attached hydrogens (tertiary/aromatic N) is 2. The molecule has 0 spiro atoms. The second kappa shape index (κ2) is 7.50. The fraction of sp³-hybridized carbons (Fsp3) is 0.333. The van der Waals surface area contributed by atoms with E-state index in [9.17, 15) is 13.2 Å². The van der Waals surface area contributed by atoms with Gasteiger partial charge in [-0.3, -0.25) is 0 Å². The van der Waals surface area contributed by atoms with Crippen molar-refractivity contribution < 1.29 is 13.2 Å². The fourth-order valence-electron chi connectivity index (χ4n) is 1.83. The maximum absolute atomic E-state index is 12.8. The summed E-state index contributed by atoms with van der Waals surface area (Å²) in [4.78, 5) is 8.19. The minimum atomic E-state index is -4.44. The average Bonchev–Trinajstić information content (AvgIpc) is 2.49. The van der Waals surface area contributed by atoms with E-state index in [0.717, 1.165) is 31.5 Å². The van der Waals surface area contributed by atoms with Gasteiger partial charge in [-0.05, 0) is 30.7 Å². The van der Waals surface area contributed by atoms with E-state index < -0.39 is 11.7 Å². The molecule has 1 aromatic carbocycles. The van der Waals surface area contributed by atoms with Gasteiger partial charge in [0.05, 0.1) is 16.3 Å². The van der Waals surface area contributed by atoms with Crippen molar-refractivity contribution in [2.45, 2.75) is 25.9 Å². The topological polar surface area (TPSA) is 49.8 Å². The number of nitrogens with one attached hydrogen (secondary N) is 2. The number of hydrogen-bond donors (Lipinski definition) is 2. The lowest BCUT2D eigenvalue weighted by molar-refractivity contribution is -0.137. The van der Waals surface area contributed by atoms with Gasteiger partial charge >= 0.3 is 6.18 Å². The Hall–Kier alpha value is -2.02. The first-order chi connectivity index (χ1) is 10.9. The Bertz CT molecular complexity index is 661. The van der Waals surface area contributed by atoms with E-state index in [1.54, 1.807) is 6.07 Å². The molecule has 1 aromatic heterocycles. The van der Waals surface area contributed by atoms with Gasteiger partial charge < -0.3 is 10.6 Å². The van der Waals surface area contributed by atoms with Gasteiger partial charge in [-0.15, -0.1) is 0 Å². The molecule has 0 aliphatic rings. The summed E-state index contributed by atoms with van der Waals surface area (Å²) in [5.41, 5.74) is -0.686. The molecule has 0 bridgehead atoms. The Morgan fingerprint density at radius 2 is 2.00 bits per heavy atom. The summed E-state index contributed by atoms with van der Waals surface area (Å²) < 4.78 is 38.3. The Morgan fingerprint density at radius 3 is 2.70 bits per heavy atom. The lowest BCUT2D eigenvalue weighted by Crippen LogP contribution is -2.07. The smallest absolute Gasteiger partial charge is 0.370 e. The standard InChI is InChI=1S/C15H16ClF3N4/c1-2-3-7-20-13-6-8-21-14(23-13)22-12-9-10(15(17,18)19)4-5-11(12)16/h4-6,8-9H,2-3,7H2,1H3,(H2,20,21,22,23). The molecule has 2 N–H and O–H groups in total. The number of aromatic nitrogens is 2. The van der Waals surface area contributed by atoms with Crippen LogP contribution in [-0.2, 0) is 6.18 Å². The predicted octanol–water partition coefficient (Wildman–Crippen LogP) is 5.10. The highest BCUT2D eigenvalue weighted by molar-refractivity contribution is 6.33. The van der Waals surface area contributed by atoms with Gasteiger partial charge in [0.1, 0.15) is 5.82 Å². The molecular formula is C15H16ClF3N4. The highest BCUT2D eigenvalue weighted by atomic mass is 35.5. The first-order valence-corrected chi connectivity index (χ1v) is 7.48. The van der Waals surface area contributed by atoms with Crippen molar-refractivity contribution >= 4 is 29.1 Å². The van der Waals surface area contributed by atoms with Crippen LogP contribution in [-0.4, -0.2) is 16.5 Å². The summed E-state index contributed by atoms with van der Waals surface area (Å²) in [5.74, 6) is 0.770. The average molecular weight is 345 g/mol. The van der Waals surface area contributed by atoms with Crippen LogP contribution in [0, 0.1) is 0 Å². The van der Waals surface area contributed by atoms with Crippen LogP contribution in [0.2, 0.25) is 5.02 Å². The molecule has 0 fully saturated rings. The Morgan fingerprint density at radius 1 is 1.22 bits per heavy atom. The number of unbranched alkanes of at least 4 members (excludes halogenated alkanes) is 1. The quantitative estimate of drug-likeness (QED) is 0.715. The number of benzene rings is 1. The Kier molecular flexibility index (Phi) is 5.65. The lowest BCUT2D eigenvalue weighted by atomic mass is 10.2. The SMILES string of the molecule is CCCCNc1ccnc(Nc2cc(C(F)(F)F)ccc2Cl)n1. The van der Waals surface area contributed by atoms with Gasteiger partial charge in [0.25, 0.3) is 0 Å². The molecule has 23 heavy (non-hydrogen) atoms. The molecule has 2 aromatic rings. The van der Waals surface area contributed by atoms with E-state index in [4.69, 9.17) is 11.6 Å². The van der Waals surface area contributed by atoms with E-state index in [1.165, 1.54) is 12.3 Å². The van der Waals surface area contributed by atoms with Crippen LogP contribution >= 0.6 is 11.6 Å². The molecule has 0 radical (unpaired) electrons. The van der Waals surface area contributed by atoms with Crippen LogP contribution in [0.4, 0.5) is 30.6 Å². The van der Waals surface area contributed by atoms with Gasteiger partial charge in [-0.25, -0.2) is 4.98 Å². The van der Waals surface area contributed by atoms with Crippen LogP contribution in [0.15, 0.2) is 30.5 Å². The van der Waals surface area contributed by atoms with Crippen molar-refractivity contribution in [2.75, 3.05) is 17.2 Å². The van der Waals surface area contributed by atoms with Crippen molar-refractivity contribution in [1.29, 1.82) is 0 Å². The zero-order valence-corrected chi connectivity index (χ0v) is 13.2. The Labute approximate surface area is 137 Å². The molecule has 0 aliphatic carbocycles. The normalized spacial score (nSPS) is 11.3.